The van der Waals surface area contributed by atoms with Gasteiger partial charge in [0.2, 0.25) is 0 Å². The molecule has 0 spiro atoms. The van der Waals surface area contributed by atoms with Gasteiger partial charge in [-0.05, 0) is 37.1 Å². The highest BCUT2D eigenvalue weighted by Crippen LogP contribution is 2.20. The smallest absolute Gasteiger partial charge is 0.251 e. The third-order valence-electron chi connectivity index (χ3n) is 3.31. The van der Waals surface area contributed by atoms with Crippen molar-refractivity contribution in [2.75, 3.05) is 7.11 Å². The molecule has 0 unspecified atom stereocenters. The monoisotopic (exact) mass is 271 g/mol. The fraction of sp³-hybridized carbons (Fsp3) is 0.333. The Balaban J connectivity index is 1.84. The predicted octanol–water partition coefficient (Wildman–Crippen LogP) is 1.70. The molecule has 0 amide bonds. The van der Waals surface area contributed by atoms with Crippen molar-refractivity contribution in [3.63, 3.8) is 0 Å². The van der Waals surface area contributed by atoms with Gasteiger partial charge in [-0.2, -0.15) is 0 Å². The number of nitrogens with zero attached hydrogens (tertiary/aromatic N) is 1. The van der Waals surface area contributed by atoms with Gasteiger partial charge >= 0.3 is 0 Å². The quantitative estimate of drug-likeness (QED) is 0.868. The van der Waals surface area contributed by atoms with Crippen molar-refractivity contribution in [1.82, 2.24) is 15.3 Å². The third-order valence-corrected chi connectivity index (χ3v) is 3.31. The molecule has 1 aliphatic carbocycles. The molecule has 20 heavy (non-hydrogen) atoms. The van der Waals surface area contributed by atoms with Crippen LogP contribution in [0.15, 0.2) is 35.1 Å². The summed E-state index contributed by atoms with van der Waals surface area (Å²) >= 11 is 0. The highest BCUT2D eigenvalue weighted by atomic mass is 16.5. The average molecular weight is 271 g/mol. The molecule has 3 rings (SSSR count). The molecule has 1 fully saturated rings. The van der Waals surface area contributed by atoms with Gasteiger partial charge in [0.1, 0.15) is 11.6 Å². The third kappa shape index (κ3) is 3.05. The van der Waals surface area contributed by atoms with E-state index in [1.165, 1.54) is 12.8 Å². The summed E-state index contributed by atoms with van der Waals surface area (Å²) in [6, 6.07) is 9.61. The van der Waals surface area contributed by atoms with Gasteiger partial charge in [-0.1, -0.05) is 0 Å². The van der Waals surface area contributed by atoms with Crippen LogP contribution >= 0.6 is 0 Å². The molecule has 2 aromatic rings. The number of H-pyrrole nitrogens is 1. The van der Waals surface area contributed by atoms with Crippen LogP contribution in [0.4, 0.5) is 0 Å². The highest BCUT2D eigenvalue weighted by molar-refractivity contribution is 5.56. The van der Waals surface area contributed by atoms with E-state index in [0.717, 1.165) is 17.0 Å². The Morgan fingerprint density at radius 1 is 1.35 bits per heavy atom. The standard InChI is InChI=1S/C15H17N3O2/c1-20-13-6-2-10(3-7-13)15-17-12(8-14(19)18-15)9-16-11-4-5-11/h2-3,6-8,11,16H,4-5,9H2,1H3,(H,17,18,19). The second-order valence-corrected chi connectivity index (χ2v) is 4.97. The van der Waals surface area contributed by atoms with Crippen molar-refractivity contribution >= 4 is 0 Å². The first-order valence-electron chi connectivity index (χ1n) is 6.72. The van der Waals surface area contributed by atoms with Gasteiger partial charge in [0.25, 0.3) is 5.56 Å². The maximum absolute atomic E-state index is 11.7. The second kappa shape index (κ2) is 5.46. The SMILES string of the molecule is COc1ccc(-c2nc(CNC3CC3)cc(=O)[nH]2)cc1. The molecular formula is C15H17N3O2. The number of benzene rings is 1. The van der Waals surface area contributed by atoms with E-state index < -0.39 is 0 Å². The van der Waals surface area contributed by atoms with Crippen LogP contribution in [0.2, 0.25) is 0 Å². The number of hydrogen-bond acceptors (Lipinski definition) is 4. The van der Waals surface area contributed by atoms with Gasteiger partial charge in [0.05, 0.1) is 12.8 Å². The number of methoxy groups -OCH3 is 1. The minimum atomic E-state index is -0.126. The Hall–Kier alpha value is -2.14. The van der Waals surface area contributed by atoms with E-state index in [0.29, 0.717) is 18.4 Å². The second-order valence-electron chi connectivity index (χ2n) is 4.97. The zero-order valence-corrected chi connectivity index (χ0v) is 11.3. The normalized spacial score (nSPS) is 14.2. The van der Waals surface area contributed by atoms with Gasteiger partial charge in [-0.25, -0.2) is 4.98 Å². The van der Waals surface area contributed by atoms with Crippen LogP contribution in [0, 0.1) is 0 Å². The molecule has 104 valence electrons. The Morgan fingerprint density at radius 2 is 2.10 bits per heavy atom. The summed E-state index contributed by atoms with van der Waals surface area (Å²) in [6.07, 6.45) is 2.43. The fourth-order valence-electron chi connectivity index (χ4n) is 2.02. The molecule has 0 bridgehead atoms. The highest BCUT2D eigenvalue weighted by Gasteiger charge is 2.20. The first-order chi connectivity index (χ1) is 9.74. The molecule has 0 saturated heterocycles. The zero-order chi connectivity index (χ0) is 13.9. The lowest BCUT2D eigenvalue weighted by Crippen LogP contribution is -2.19. The summed E-state index contributed by atoms with van der Waals surface area (Å²) in [6.45, 7) is 0.637. The van der Waals surface area contributed by atoms with E-state index in [1.807, 2.05) is 24.3 Å². The van der Waals surface area contributed by atoms with Crippen molar-refractivity contribution in [1.29, 1.82) is 0 Å². The molecule has 0 radical (unpaired) electrons. The summed E-state index contributed by atoms with van der Waals surface area (Å²) in [5, 5.41) is 3.36. The van der Waals surface area contributed by atoms with Crippen molar-refractivity contribution < 1.29 is 4.74 Å². The molecule has 5 heteroatoms. The molecule has 1 aromatic carbocycles. The summed E-state index contributed by atoms with van der Waals surface area (Å²) < 4.78 is 5.12. The average Bonchev–Trinajstić information content (AvgIpc) is 3.29. The van der Waals surface area contributed by atoms with Crippen LogP contribution in [0.5, 0.6) is 5.75 Å². The van der Waals surface area contributed by atoms with Crippen LogP contribution in [-0.4, -0.2) is 23.1 Å². The van der Waals surface area contributed by atoms with Crippen molar-refractivity contribution in [3.05, 3.63) is 46.4 Å². The Labute approximate surface area is 117 Å². The van der Waals surface area contributed by atoms with E-state index in [9.17, 15) is 4.79 Å². The van der Waals surface area contributed by atoms with Gasteiger partial charge in [0, 0.05) is 24.2 Å². The zero-order valence-electron chi connectivity index (χ0n) is 11.3. The fourth-order valence-corrected chi connectivity index (χ4v) is 2.02. The van der Waals surface area contributed by atoms with Gasteiger partial charge in [0.15, 0.2) is 0 Å². The van der Waals surface area contributed by atoms with Crippen molar-refractivity contribution in [3.8, 4) is 17.1 Å². The minimum absolute atomic E-state index is 0.126. The van der Waals surface area contributed by atoms with Crippen LogP contribution in [0.1, 0.15) is 18.5 Å². The largest absolute Gasteiger partial charge is 0.497 e. The number of rotatable bonds is 5. The lowest BCUT2D eigenvalue weighted by molar-refractivity contribution is 0.415. The molecule has 0 aliphatic heterocycles. The molecule has 2 N–H and O–H groups in total. The van der Waals surface area contributed by atoms with E-state index in [4.69, 9.17) is 4.74 Å². The maximum atomic E-state index is 11.7. The van der Waals surface area contributed by atoms with Crippen molar-refractivity contribution in [2.24, 2.45) is 0 Å². The van der Waals surface area contributed by atoms with Gasteiger partial charge in [-0.3, -0.25) is 4.79 Å². The summed E-state index contributed by atoms with van der Waals surface area (Å²) in [7, 11) is 1.62. The Morgan fingerprint density at radius 3 is 2.75 bits per heavy atom. The lowest BCUT2D eigenvalue weighted by atomic mass is 10.2. The minimum Gasteiger partial charge on any atom is -0.497 e. The Bertz CT molecular complexity index is 645. The molecular weight excluding hydrogens is 254 g/mol. The van der Waals surface area contributed by atoms with E-state index >= 15 is 0 Å². The predicted molar refractivity (Wildman–Crippen MR) is 76.7 cm³/mol. The number of aromatic amines is 1. The number of aromatic nitrogens is 2. The molecule has 1 saturated carbocycles. The first-order valence-corrected chi connectivity index (χ1v) is 6.72. The van der Waals surface area contributed by atoms with Gasteiger partial charge < -0.3 is 15.0 Å². The maximum Gasteiger partial charge on any atom is 0.251 e. The molecule has 1 heterocycles. The van der Waals surface area contributed by atoms with Crippen LogP contribution in [0.3, 0.4) is 0 Å². The van der Waals surface area contributed by atoms with E-state index in [1.54, 1.807) is 13.2 Å². The Kier molecular flexibility index (Phi) is 3.52. The van der Waals surface area contributed by atoms with Crippen LogP contribution in [-0.2, 0) is 6.54 Å². The number of hydrogen-bond donors (Lipinski definition) is 2. The van der Waals surface area contributed by atoms with E-state index in [-0.39, 0.29) is 5.56 Å². The number of nitrogens with one attached hydrogen (secondary N) is 2. The van der Waals surface area contributed by atoms with E-state index in [2.05, 4.69) is 15.3 Å². The summed E-state index contributed by atoms with van der Waals surface area (Å²) in [5.41, 5.74) is 1.51. The van der Waals surface area contributed by atoms with Crippen LogP contribution in [0.25, 0.3) is 11.4 Å². The molecule has 1 aromatic heterocycles. The summed E-state index contributed by atoms with van der Waals surface area (Å²) in [4.78, 5) is 19.0. The van der Waals surface area contributed by atoms with Crippen LogP contribution < -0.4 is 15.6 Å². The lowest BCUT2D eigenvalue weighted by Gasteiger charge is -2.06. The molecule has 0 atom stereocenters. The van der Waals surface area contributed by atoms with Crippen molar-refractivity contribution in [2.45, 2.75) is 25.4 Å². The van der Waals surface area contributed by atoms with Gasteiger partial charge in [-0.15, -0.1) is 0 Å². The molecule has 5 nitrogen and oxygen atoms in total. The molecule has 1 aliphatic rings. The first kappa shape index (κ1) is 12.9. The topological polar surface area (TPSA) is 67.0 Å². The number of ether oxygens (including phenoxy) is 1. The summed E-state index contributed by atoms with van der Waals surface area (Å²) in [5.74, 6) is 1.37.